The molecule has 0 aliphatic carbocycles. The van der Waals surface area contributed by atoms with E-state index in [1.807, 2.05) is 13.8 Å². The second-order valence-electron chi connectivity index (χ2n) is 8.31. The number of benzene rings is 1. The predicted molar refractivity (Wildman–Crippen MR) is 120 cm³/mol. The number of ether oxygens (including phenoxy) is 2. The number of thiazole rings is 1. The quantitative estimate of drug-likeness (QED) is 0.572. The molecule has 10 heteroatoms. The van der Waals surface area contributed by atoms with Crippen molar-refractivity contribution in [3.63, 3.8) is 0 Å². The molecule has 4 rings (SSSR count). The van der Waals surface area contributed by atoms with E-state index in [-0.39, 0.29) is 55.3 Å². The summed E-state index contributed by atoms with van der Waals surface area (Å²) in [5.41, 5.74) is -0.357. The van der Waals surface area contributed by atoms with E-state index in [9.17, 15) is 19.2 Å². The van der Waals surface area contributed by atoms with Crippen LogP contribution in [0.25, 0.3) is 0 Å². The highest BCUT2D eigenvalue weighted by atomic mass is 32.1. The zero-order chi connectivity index (χ0) is 23.8. The van der Waals surface area contributed by atoms with Crippen LogP contribution in [0.3, 0.4) is 0 Å². The van der Waals surface area contributed by atoms with Crippen LogP contribution < -0.4 is 4.90 Å². The van der Waals surface area contributed by atoms with Crippen LogP contribution in [-0.2, 0) is 25.7 Å². The monoisotopic (exact) mass is 471 g/mol. The molecule has 0 saturated carbocycles. The first-order chi connectivity index (χ1) is 15.8. The molecule has 0 spiro atoms. The van der Waals surface area contributed by atoms with Gasteiger partial charge in [0.25, 0.3) is 5.91 Å². The lowest BCUT2D eigenvalue weighted by Crippen LogP contribution is -2.69. The molecule has 1 aromatic carbocycles. The second kappa shape index (κ2) is 8.93. The largest absolute Gasteiger partial charge is 0.461 e. The third-order valence-corrected chi connectivity index (χ3v) is 6.47. The van der Waals surface area contributed by atoms with Gasteiger partial charge in [-0.2, -0.15) is 0 Å². The van der Waals surface area contributed by atoms with Gasteiger partial charge in [-0.15, -0.1) is 11.3 Å². The third-order valence-electron chi connectivity index (χ3n) is 5.60. The normalized spacial score (nSPS) is 19.5. The Kier molecular flexibility index (Phi) is 6.20. The number of rotatable bonds is 7. The number of hydrogen-bond donors (Lipinski definition) is 0. The van der Waals surface area contributed by atoms with Gasteiger partial charge in [0.2, 0.25) is 16.6 Å². The van der Waals surface area contributed by atoms with Gasteiger partial charge in [-0.1, -0.05) is 26.0 Å². The molecule has 0 N–H and O–H groups in total. The number of nitrogens with zero attached hydrogens (tertiary/aromatic N) is 3. The molecule has 1 saturated heterocycles. The summed E-state index contributed by atoms with van der Waals surface area (Å²) in [6.45, 7) is 5.92. The van der Waals surface area contributed by atoms with Crippen molar-refractivity contribution < 1.29 is 28.7 Å². The highest BCUT2D eigenvalue weighted by molar-refractivity contribution is 7.11. The highest BCUT2D eigenvalue weighted by Crippen LogP contribution is 2.45. The molecule has 0 bridgehead atoms. The zero-order valence-corrected chi connectivity index (χ0v) is 19.5. The second-order valence-corrected chi connectivity index (χ2v) is 9.17. The fourth-order valence-electron chi connectivity index (χ4n) is 4.28. The molecule has 0 radical (unpaired) electrons. The van der Waals surface area contributed by atoms with Gasteiger partial charge >= 0.3 is 11.9 Å². The molecular formula is C23H25N3O6S. The molecule has 1 fully saturated rings. The molecule has 1 atom stereocenters. The van der Waals surface area contributed by atoms with Crippen molar-refractivity contribution in [2.45, 2.75) is 45.9 Å². The Morgan fingerprint density at radius 2 is 1.97 bits per heavy atom. The fraction of sp³-hybridized carbons (Fsp3) is 0.435. The van der Waals surface area contributed by atoms with Gasteiger partial charge in [-0.25, -0.2) is 14.6 Å². The maximum Gasteiger partial charge on any atom is 0.367 e. The maximum atomic E-state index is 13.6. The summed E-state index contributed by atoms with van der Waals surface area (Å²) in [4.78, 5) is 58.9. The van der Waals surface area contributed by atoms with Crippen LogP contribution in [0, 0.1) is 5.92 Å². The Bertz CT molecular complexity index is 1110. The molecule has 9 nitrogen and oxygen atoms in total. The van der Waals surface area contributed by atoms with Crippen LogP contribution >= 0.6 is 11.3 Å². The number of hydrogen-bond acceptors (Lipinski definition) is 8. The van der Waals surface area contributed by atoms with E-state index in [1.165, 1.54) is 9.80 Å². The molecule has 2 aromatic rings. The van der Waals surface area contributed by atoms with Crippen molar-refractivity contribution in [2.75, 3.05) is 18.1 Å². The van der Waals surface area contributed by atoms with Crippen molar-refractivity contribution >= 4 is 40.8 Å². The van der Waals surface area contributed by atoms with Crippen LogP contribution in [-0.4, -0.2) is 52.5 Å². The molecule has 33 heavy (non-hydrogen) atoms. The average Bonchev–Trinajstić information content (AvgIpc) is 3.40. The lowest BCUT2D eigenvalue weighted by atomic mass is 9.95. The van der Waals surface area contributed by atoms with Crippen molar-refractivity contribution in [3.05, 3.63) is 45.9 Å². The lowest BCUT2D eigenvalue weighted by Gasteiger charge is -2.48. The molecule has 1 aromatic heterocycles. The van der Waals surface area contributed by atoms with Crippen LogP contribution in [0.1, 0.15) is 59.5 Å². The number of fused-ring (bicyclic) bond motifs is 3. The first kappa shape index (κ1) is 22.9. The Labute approximate surface area is 195 Å². The Hall–Kier alpha value is -3.27. The van der Waals surface area contributed by atoms with Crippen LogP contribution in [0.5, 0.6) is 0 Å². The minimum Gasteiger partial charge on any atom is -0.461 e. The van der Waals surface area contributed by atoms with Gasteiger partial charge < -0.3 is 14.4 Å². The zero-order valence-electron chi connectivity index (χ0n) is 18.7. The number of para-hydroxylation sites is 1. The average molecular weight is 472 g/mol. The Morgan fingerprint density at radius 3 is 2.70 bits per heavy atom. The minimum atomic E-state index is -1.55. The van der Waals surface area contributed by atoms with Crippen molar-refractivity contribution in [1.82, 2.24) is 9.88 Å². The molecule has 2 aliphatic heterocycles. The van der Waals surface area contributed by atoms with E-state index in [4.69, 9.17) is 9.47 Å². The molecule has 1 unspecified atom stereocenters. The van der Waals surface area contributed by atoms with E-state index in [2.05, 4.69) is 4.98 Å². The maximum absolute atomic E-state index is 13.6. The lowest BCUT2D eigenvalue weighted by molar-refractivity contribution is -0.159. The van der Waals surface area contributed by atoms with E-state index < -0.39 is 17.6 Å². The number of anilines is 1. The minimum absolute atomic E-state index is 0.0621. The van der Waals surface area contributed by atoms with E-state index in [0.29, 0.717) is 16.9 Å². The third kappa shape index (κ3) is 3.88. The number of carbonyl (C=O) groups is 4. The van der Waals surface area contributed by atoms with Gasteiger partial charge in [0.15, 0.2) is 0 Å². The molecular weight excluding hydrogens is 446 g/mol. The summed E-state index contributed by atoms with van der Waals surface area (Å²) in [5, 5.41) is 1.78. The van der Waals surface area contributed by atoms with E-state index >= 15 is 0 Å². The molecule has 3 heterocycles. The Morgan fingerprint density at radius 1 is 1.21 bits per heavy atom. The summed E-state index contributed by atoms with van der Waals surface area (Å²) in [6, 6.07) is 6.81. The first-order valence-corrected chi connectivity index (χ1v) is 11.7. The Balaban J connectivity index is 1.66. The van der Waals surface area contributed by atoms with Crippen LogP contribution in [0.2, 0.25) is 0 Å². The van der Waals surface area contributed by atoms with Gasteiger partial charge in [0, 0.05) is 24.8 Å². The highest BCUT2D eigenvalue weighted by Gasteiger charge is 2.62. The molecule has 174 valence electrons. The number of carbonyl (C=O) groups excluding carboxylic acids is 4. The fourth-order valence-corrected chi connectivity index (χ4v) is 4.97. The smallest absolute Gasteiger partial charge is 0.367 e. The summed E-state index contributed by atoms with van der Waals surface area (Å²) < 4.78 is 10.6. The summed E-state index contributed by atoms with van der Waals surface area (Å²) in [5.74, 6) is -1.71. The van der Waals surface area contributed by atoms with Gasteiger partial charge in [-0.05, 0) is 25.0 Å². The number of esters is 2. The van der Waals surface area contributed by atoms with Crippen molar-refractivity contribution in [1.29, 1.82) is 0 Å². The summed E-state index contributed by atoms with van der Waals surface area (Å²) in [7, 11) is 0. The standard InChI is InChI=1S/C23H25N3O6S/c1-4-31-21(29)19-24-15(13-33-19)12-32-22(30)23-10-9-18(27)26(23)17-8-6-5-7-16(17)20(28)25(23)11-14(2)3/h5-8,13-14H,4,9-12H2,1-3H3. The molecule has 2 aliphatic rings. The van der Waals surface area contributed by atoms with Crippen molar-refractivity contribution in [2.24, 2.45) is 5.92 Å². The van der Waals surface area contributed by atoms with Crippen LogP contribution in [0.4, 0.5) is 5.69 Å². The van der Waals surface area contributed by atoms with E-state index in [0.717, 1.165) is 11.3 Å². The van der Waals surface area contributed by atoms with Crippen molar-refractivity contribution in [3.8, 4) is 0 Å². The number of amides is 2. The predicted octanol–water partition coefficient (Wildman–Crippen LogP) is 3.00. The number of aromatic nitrogens is 1. The topological polar surface area (TPSA) is 106 Å². The van der Waals surface area contributed by atoms with E-state index in [1.54, 1.807) is 36.6 Å². The van der Waals surface area contributed by atoms with Gasteiger partial charge in [-0.3, -0.25) is 14.5 Å². The van der Waals surface area contributed by atoms with Crippen LogP contribution in [0.15, 0.2) is 29.6 Å². The SMILES string of the molecule is CCOC(=O)c1nc(COC(=O)C23CCC(=O)N2c2ccccc2C(=O)N3CC(C)C)cs1. The van der Waals surface area contributed by atoms with Gasteiger partial charge in [0.05, 0.1) is 23.6 Å². The first-order valence-electron chi connectivity index (χ1n) is 10.8. The molecule has 2 amide bonds. The van der Waals surface area contributed by atoms with Gasteiger partial charge in [0.1, 0.15) is 6.61 Å². The summed E-state index contributed by atoms with van der Waals surface area (Å²) in [6.07, 6.45) is 0.262. The summed E-state index contributed by atoms with van der Waals surface area (Å²) >= 11 is 1.10.